The molecule has 2 bridgehead atoms. The summed E-state index contributed by atoms with van der Waals surface area (Å²) in [5.41, 5.74) is 2.00. The number of piperidine rings is 3. The van der Waals surface area contributed by atoms with Crippen molar-refractivity contribution < 1.29 is 4.79 Å². The number of hydrogen-bond donors (Lipinski definition) is 0. The Morgan fingerprint density at radius 1 is 1.14 bits per heavy atom. The maximum absolute atomic E-state index is 13.6. The molecule has 156 valence electrons. The predicted octanol–water partition coefficient (Wildman–Crippen LogP) is 3.05. The van der Waals surface area contributed by atoms with E-state index in [4.69, 9.17) is 0 Å². The molecule has 0 unspecified atom stereocenters. The summed E-state index contributed by atoms with van der Waals surface area (Å²) in [7, 11) is 6.41. The van der Waals surface area contributed by atoms with Gasteiger partial charge in [-0.05, 0) is 57.8 Å². The number of para-hydroxylation sites is 1. The number of fused-ring (bicyclic) bond motifs is 5. The molecule has 5 rings (SSSR count). The second kappa shape index (κ2) is 7.44. The summed E-state index contributed by atoms with van der Waals surface area (Å²) in [6.07, 6.45) is 7.30. The number of carbonyl (C=O) groups is 1. The number of aryl methyl sites for hydroxylation is 1. The van der Waals surface area contributed by atoms with E-state index >= 15 is 0 Å². The number of likely N-dealkylation sites (N-methyl/N-ethyl adjacent to an activating group) is 1. The quantitative estimate of drug-likeness (QED) is 0.802. The number of benzene rings is 1. The minimum absolute atomic E-state index is 0.226. The van der Waals surface area contributed by atoms with Crippen molar-refractivity contribution >= 4 is 16.8 Å². The maximum Gasteiger partial charge on any atom is 0.256 e. The summed E-state index contributed by atoms with van der Waals surface area (Å²) < 4.78 is 2.09. The maximum atomic E-state index is 13.6. The normalized spacial score (nSPS) is 30.0. The Morgan fingerprint density at radius 3 is 2.76 bits per heavy atom. The molecule has 3 saturated heterocycles. The minimum atomic E-state index is 0.226. The van der Waals surface area contributed by atoms with Gasteiger partial charge in [0.05, 0.1) is 5.56 Å². The van der Waals surface area contributed by atoms with Crippen LogP contribution in [0.5, 0.6) is 0 Å². The monoisotopic (exact) mass is 394 g/mol. The smallest absolute Gasteiger partial charge is 0.256 e. The van der Waals surface area contributed by atoms with Gasteiger partial charge in [0.15, 0.2) is 0 Å². The second-order valence-electron chi connectivity index (χ2n) is 9.77. The van der Waals surface area contributed by atoms with Crippen molar-refractivity contribution in [2.45, 2.75) is 37.8 Å². The van der Waals surface area contributed by atoms with Crippen LogP contribution in [0.2, 0.25) is 0 Å². The molecular weight excluding hydrogens is 360 g/mol. The first-order valence-electron chi connectivity index (χ1n) is 11.3. The molecule has 0 aliphatic carbocycles. The fraction of sp³-hybridized carbons (Fsp3) is 0.625. The number of amides is 1. The predicted molar refractivity (Wildman–Crippen MR) is 117 cm³/mol. The van der Waals surface area contributed by atoms with Crippen molar-refractivity contribution in [1.29, 1.82) is 0 Å². The Hall–Kier alpha value is -1.85. The molecule has 0 N–H and O–H groups in total. The molecule has 1 aromatic carbocycles. The number of hydrogen-bond acceptors (Lipinski definition) is 3. The molecule has 3 aliphatic heterocycles. The van der Waals surface area contributed by atoms with E-state index < -0.39 is 0 Å². The molecule has 0 radical (unpaired) electrons. The van der Waals surface area contributed by atoms with E-state index in [0.717, 1.165) is 36.1 Å². The van der Waals surface area contributed by atoms with E-state index in [1.165, 1.54) is 32.2 Å². The zero-order chi connectivity index (χ0) is 20.1. The third-order valence-corrected chi connectivity index (χ3v) is 7.59. The standard InChI is InChI=1S/C24H34N4O/c1-25(2)16-23-18-12-17(21-9-6-7-11-28(21)23)13-27(14-18)24(29)20-15-26(3)22-10-5-4-8-19(20)22/h4-5,8,10,15,17-18,21,23H,6-7,9,11-14,16H2,1-3H3/t17-,18+,21+,23+/m1/s1. The first kappa shape index (κ1) is 19.1. The van der Waals surface area contributed by atoms with Crippen molar-refractivity contribution in [1.82, 2.24) is 19.3 Å². The topological polar surface area (TPSA) is 31.7 Å². The molecule has 3 fully saturated rings. The number of nitrogens with zero attached hydrogens (tertiary/aromatic N) is 4. The molecule has 1 amide bonds. The van der Waals surface area contributed by atoms with Gasteiger partial charge in [-0.15, -0.1) is 0 Å². The zero-order valence-corrected chi connectivity index (χ0v) is 18.1. The van der Waals surface area contributed by atoms with Gasteiger partial charge in [0.1, 0.15) is 0 Å². The lowest BCUT2D eigenvalue weighted by molar-refractivity contribution is -0.0702. The molecule has 4 heterocycles. The van der Waals surface area contributed by atoms with E-state index in [1.54, 1.807) is 0 Å². The largest absolute Gasteiger partial charge is 0.350 e. The van der Waals surface area contributed by atoms with Crippen molar-refractivity contribution in [2.24, 2.45) is 18.9 Å². The van der Waals surface area contributed by atoms with Gasteiger partial charge < -0.3 is 14.4 Å². The highest BCUT2D eigenvalue weighted by atomic mass is 16.2. The average Bonchev–Trinajstić information content (AvgIpc) is 3.07. The Labute approximate surface area is 174 Å². The lowest BCUT2D eigenvalue weighted by atomic mass is 9.72. The highest BCUT2D eigenvalue weighted by Gasteiger charge is 2.48. The fourth-order valence-electron chi connectivity index (χ4n) is 6.38. The van der Waals surface area contributed by atoms with Gasteiger partial charge in [-0.1, -0.05) is 24.6 Å². The zero-order valence-electron chi connectivity index (χ0n) is 18.1. The molecule has 5 heteroatoms. The van der Waals surface area contributed by atoms with E-state index in [2.05, 4.69) is 45.5 Å². The van der Waals surface area contributed by atoms with Crippen LogP contribution in [0.1, 0.15) is 36.0 Å². The highest BCUT2D eigenvalue weighted by Crippen LogP contribution is 2.41. The Morgan fingerprint density at radius 2 is 1.93 bits per heavy atom. The number of aromatic nitrogens is 1. The molecule has 5 nitrogen and oxygen atoms in total. The molecular formula is C24H34N4O. The summed E-state index contributed by atoms with van der Waals surface area (Å²) in [5, 5.41) is 1.08. The van der Waals surface area contributed by atoms with Gasteiger partial charge in [-0.2, -0.15) is 0 Å². The Kier molecular flexibility index (Phi) is 4.91. The van der Waals surface area contributed by atoms with Gasteiger partial charge in [0.2, 0.25) is 0 Å². The first-order chi connectivity index (χ1) is 14.0. The third-order valence-electron chi connectivity index (χ3n) is 7.59. The van der Waals surface area contributed by atoms with Crippen LogP contribution in [0.25, 0.3) is 10.9 Å². The van der Waals surface area contributed by atoms with Gasteiger partial charge >= 0.3 is 0 Å². The summed E-state index contributed by atoms with van der Waals surface area (Å²) in [6, 6.07) is 9.51. The van der Waals surface area contributed by atoms with Crippen molar-refractivity contribution in [3.8, 4) is 0 Å². The van der Waals surface area contributed by atoms with Crippen LogP contribution in [0.15, 0.2) is 30.5 Å². The summed E-state index contributed by atoms with van der Waals surface area (Å²) in [4.78, 5) is 21.0. The minimum Gasteiger partial charge on any atom is -0.350 e. The van der Waals surface area contributed by atoms with Crippen molar-refractivity contribution in [3.63, 3.8) is 0 Å². The van der Waals surface area contributed by atoms with Crippen LogP contribution >= 0.6 is 0 Å². The fourth-order valence-corrected chi connectivity index (χ4v) is 6.38. The van der Waals surface area contributed by atoms with Gasteiger partial charge in [-0.25, -0.2) is 0 Å². The SMILES string of the molecule is CN(C)C[C@H]1[C@H]2C[C@H](CN(C(=O)c3cn(C)c4ccccc34)C2)[C@@H]2CCCCN21. The molecule has 1 aromatic heterocycles. The third kappa shape index (κ3) is 3.28. The van der Waals surface area contributed by atoms with Gasteiger partial charge in [-0.3, -0.25) is 9.69 Å². The van der Waals surface area contributed by atoms with E-state index in [9.17, 15) is 4.79 Å². The van der Waals surface area contributed by atoms with E-state index in [-0.39, 0.29) is 5.91 Å². The van der Waals surface area contributed by atoms with Gasteiger partial charge in [0, 0.05) is 55.9 Å². The highest BCUT2D eigenvalue weighted by molar-refractivity contribution is 6.07. The average molecular weight is 395 g/mol. The Bertz CT molecular complexity index is 903. The van der Waals surface area contributed by atoms with Crippen molar-refractivity contribution in [3.05, 3.63) is 36.0 Å². The molecule has 0 spiro atoms. The van der Waals surface area contributed by atoms with Crippen LogP contribution in [-0.4, -0.2) is 77.5 Å². The lowest BCUT2D eigenvalue weighted by Crippen LogP contribution is -2.65. The first-order valence-corrected chi connectivity index (χ1v) is 11.3. The van der Waals surface area contributed by atoms with E-state index in [0.29, 0.717) is 23.9 Å². The van der Waals surface area contributed by atoms with Gasteiger partial charge in [0.25, 0.3) is 5.91 Å². The van der Waals surface area contributed by atoms with Crippen molar-refractivity contribution in [2.75, 3.05) is 40.3 Å². The van der Waals surface area contributed by atoms with E-state index in [1.807, 2.05) is 25.4 Å². The molecule has 29 heavy (non-hydrogen) atoms. The van der Waals surface area contributed by atoms with Crippen LogP contribution in [0, 0.1) is 11.8 Å². The number of rotatable bonds is 3. The lowest BCUT2D eigenvalue weighted by Gasteiger charge is -2.57. The van der Waals surface area contributed by atoms with Crippen LogP contribution < -0.4 is 0 Å². The number of likely N-dealkylation sites (tertiary alicyclic amines) is 1. The summed E-state index contributed by atoms with van der Waals surface area (Å²) >= 11 is 0. The summed E-state index contributed by atoms with van der Waals surface area (Å²) in [5.74, 6) is 1.44. The van der Waals surface area contributed by atoms with Crippen LogP contribution in [0.3, 0.4) is 0 Å². The molecule has 3 aliphatic rings. The van der Waals surface area contributed by atoms with Crippen LogP contribution in [-0.2, 0) is 7.05 Å². The van der Waals surface area contributed by atoms with Crippen LogP contribution in [0.4, 0.5) is 0 Å². The number of carbonyl (C=O) groups excluding carboxylic acids is 1. The molecule has 4 atom stereocenters. The Balaban J connectivity index is 1.44. The molecule has 0 saturated carbocycles. The second-order valence-corrected chi connectivity index (χ2v) is 9.77. The summed E-state index contributed by atoms with van der Waals surface area (Å²) in [6.45, 7) is 4.17. The molecule has 2 aromatic rings.